The minimum absolute atomic E-state index is 0.211. The highest BCUT2D eigenvalue weighted by atomic mass is 16.4. The summed E-state index contributed by atoms with van der Waals surface area (Å²) in [5.74, 6) is 0.276. The number of aliphatic carboxylic acids is 1. The lowest BCUT2D eigenvalue weighted by Crippen LogP contribution is -2.09. The third-order valence-corrected chi connectivity index (χ3v) is 2.32. The van der Waals surface area contributed by atoms with E-state index in [4.69, 9.17) is 5.11 Å². The number of aromatic nitrogens is 2. The Morgan fingerprint density at radius 1 is 1.71 bits per heavy atom. The number of rotatable bonds is 5. The smallest absolute Gasteiger partial charge is 0.303 e. The molecule has 1 N–H and O–H groups in total. The number of hydrogen-bond donors (Lipinski definition) is 1. The van der Waals surface area contributed by atoms with Crippen LogP contribution < -0.4 is 0 Å². The molecule has 1 aromatic heterocycles. The van der Waals surface area contributed by atoms with Crippen molar-refractivity contribution in [1.29, 1.82) is 0 Å². The fraction of sp³-hybridized carbons (Fsp3) is 0.600. The maximum absolute atomic E-state index is 10.4. The molecule has 0 aliphatic carbocycles. The summed E-state index contributed by atoms with van der Waals surface area (Å²) in [7, 11) is 0. The van der Waals surface area contributed by atoms with Crippen LogP contribution in [0, 0.1) is 0 Å². The quantitative estimate of drug-likeness (QED) is 0.782. The van der Waals surface area contributed by atoms with Crippen molar-refractivity contribution in [1.82, 2.24) is 9.55 Å². The van der Waals surface area contributed by atoms with E-state index in [2.05, 4.69) is 4.98 Å². The van der Waals surface area contributed by atoms with Crippen molar-refractivity contribution in [2.24, 2.45) is 0 Å². The third kappa shape index (κ3) is 2.58. The summed E-state index contributed by atoms with van der Waals surface area (Å²) < 4.78 is 2.04. The van der Waals surface area contributed by atoms with E-state index >= 15 is 0 Å². The van der Waals surface area contributed by atoms with Gasteiger partial charge in [-0.25, -0.2) is 4.98 Å². The van der Waals surface area contributed by atoms with Crippen molar-refractivity contribution in [3.63, 3.8) is 0 Å². The summed E-state index contributed by atoms with van der Waals surface area (Å²) in [5.41, 5.74) is 0. The van der Waals surface area contributed by atoms with Crippen molar-refractivity contribution in [3.05, 3.63) is 18.2 Å². The highest BCUT2D eigenvalue weighted by molar-refractivity contribution is 5.66. The molecule has 1 aromatic rings. The Bertz CT molecular complexity index is 307. The molecule has 0 bridgehead atoms. The van der Waals surface area contributed by atoms with Crippen LogP contribution in [-0.4, -0.2) is 20.6 Å². The van der Waals surface area contributed by atoms with Gasteiger partial charge in [0.15, 0.2) is 0 Å². The Morgan fingerprint density at radius 2 is 2.43 bits per heavy atom. The minimum atomic E-state index is -0.741. The van der Waals surface area contributed by atoms with E-state index in [1.54, 1.807) is 6.20 Å². The maximum atomic E-state index is 10.4. The predicted octanol–water partition coefficient (Wildman–Crippen LogP) is 1.87. The Hall–Kier alpha value is -1.32. The van der Waals surface area contributed by atoms with Crippen LogP contribution in [0.25, 0.3) is 0 Å². The summed E-state index contributed by atoms with van der Waals surface area (Å²) in [6.45, 7) is 4.06. The summed E-state index contributed by atoms with van der Waals surface area (Å²) in [6.07, 6.45) is 5.41. The molecular formula is C10H16N2O2. The van der Waals surface area contributed by atoms with Gasteiger partial charge in [-0.1, -0.05) is 6.92 Å². The van der Waals surface area contributed by atoms with Crippen LogP contribution in [0.2, 0.25) is 0 Å². The highest BCUT2D eigenvalue weighted by Crippen LogP contribution is 2.15. The molecule has 78 valence electrons. The Morgan fingerprint density at radius 3 is 3.00 bits per heavy atom. The largest absolute Gasteiger partial charge is 0.481 e. The van der Waals surface area contributed by atoms with Gasteiger partial charge in [0.05, 0.1) is 0 Å². The van der Waals surface area contributed by atoms with Gasteiger partial charge in [-0.15, -0.1) is 0 Å². The zero-order valence-electron chi connectivity index (χ0n) is 8.60. The zero-order chi connectivity index (χ0) is 10.6. The highest BCUT2D eigenvalue weighted by Gasteiger charge is 2.09. The number of nitrogens with zero attached hydrogens (tertiary/aromatic N) is 2. The molecule has 1 rings (SSSR count). The average Bonchev–Trinajstić information content (AvgIpc) is 2.61. The molecule has 1 unspecified atom stereocenters. The molecular weight excluding hydrogens is 180 g/mol. The molecule has 4 nitrogen and oxygen atoms in total. The summed E-state index contributed by atoms with van der Waals surface area (Å²) in [4.78, 5) is 14.6. The number of hydrogen-bond acceptors (Lipinski definition) is 2. The molecule has 0 saturated heterocycles. The van der Waals surface area contributed by atoms with E-state index < -0.39 is 5.97 Å². The molecule has 0 fully saturated rings. The molecule has 1 heterocycles. The van der Waals surface area contributed by atoms with E-state index in [1.807, 2.05) is 24.6 Å². The van der Waals surface area contributed by atoms with E-state index in [1.165, 1.54) is 0 Å². The fourth-order valence-corrected chi connectivity index (χ4v) is 1.49. The van der Waals surface area contributed by atoms with Crippen molar-refractivity contribution >= 4 is 5.97 Å². The average molecular weight is 196 g/mol. The number of carbonyl (C=O) groups is 1. The minimum Gasteiger partial charge on any atom is -0.481 e. The molecule has 1 atom stereocenters. The molecule has 0 aliphatic rings. The van der Waals surface area contributed by atoms with Gasteiger partial charge < -0.3 is 9.67 Å². The zero-order valence-corrected chi connectivity index (χ0v) is 8.60. The van der Waals surface area contributed by atoms with Crippen LogP contribution in [0.5, 0.6) is 0 Å². The van der Waals surface area contributed by atoms with Gasteiger partial charge in [0, 0.05) is 31.3 Å². The van der Waals surface area contributed by atoms with E-state index in [0.717, 1.165) is 12.2 Å². The maximum Gasteiger partial charge on any atom is 0.303 e. The number of carboxylic acid groups (broad SMARTS) is 1. The Labute approximate surface area is 83.6 Å². The second-order valence-corrected chi connectivity index (χ2v) is 3.39. The van der Waals surface area contributed by atoms with Crippen molar-refractivity contribution in [2.45, 2.75) is 39.2 Å². The Kier molecular flexibility index (Phi) is 3.68. The van der Waals surface area contributed by atoms with Gasteiger partial charge in [0.2, 0.25) is 0 Å². The molecule has 0 aliphatic heterocycles. The number of carboxylic acids is 1. The first-order valence-corrected chi connectivity index (χ1v) is 4.88. The van der Waals surface area contributed by atoms with E-state index in [-0.39, 0.29) is 12.5 Å². The van der Waals surface area contributed by atoms with Crippen LogP contribution in [0.15, 0.2) is 12.4 Å². The molecule has 0 amide bonds. The van der Waals surface area contributed by atoms with Gasteiger partial charge in [0.25, 0.3) is 0 Å². The monoisotopic (exact) mass is 196 g/mol. The second kappa shape index (κ2) is 4.79. The third-order valence-electron chi connectivity index (χ3n) is 2.32. The normalized spacial score (nSPS) is 12.7. The predicted molar refractivity (Wildman–Crippen MR) is 53.2 cm³/mol. The molecule has 14 heavy (non-hydrogen) atoms. The first kappa shape index (κ1) is 10.8. The van der Waals surface area contributed by atoms with Crippen LogP contribution in [-0.2, 0) is 11.2 Å². The van der Waals surface area contributed by atoms with Crippen molar-refractivity contribution in [3.8, 4) is 0 Å². The second-order valence-electron chi connectivity index (χ2n) is 3.39. The number of imidazole rings is 1. The summed E-state index contributed by atoms with van der Waals surface area (Å²) in [5, 5.41) is 8.56. The lowest BCUT2D eigenvalue weighted by atomic mass is 10.2. The van der Waals surface area contributed by atoms with Crippen molar-refractivity contribution < 1.29 is 9.90 Å². The van der Waals surface area contributed by atoms with Gasteiger partial charge in [-0.2, -0.15) is 0 Å². The SMILES string of the molecule is CCc1nccn1C(C)CCC(=O)O. The molecule has 0 radical (unpaired) electrons. The molecule has 0 saturated carbocycles. The van der Waals surface area contributed by atoms with Gasteiger partial charge >= 0.3 is 5.97 Å². The Balaban J connectivity index is 2.59. The van der Waals surface area contributed by atoms with Gasteiger partial charge in [0.1, 0.15) is 5.82 Å². The fourth-order valence-electron chi connectivity index (χ4n) is 1.49. The number of aryl methyl sites for hydroxylation is 1. The van der Waals surface area contributed by atoms with Crippen LogP contribution in [0.1, 0.15) is 38.6 Å². The standard InChI is InChI=1S/C10H16N2O2/c1-3-9-11-6-7-12(9)8(2)4-5-10(13)14/h6-8H,3-5H2,1-2H3,(H,13,14). The molecule has 0 spiro atoms. The summed E-state index contributed by atoms with van der Waals surface area (Å²) in [6, 6.07) is 0.212. The van der Waals surface area contributed by atoms with E-state index in [0.29, 0.717) is 6.42 Å². The van der Waals surface area contributed by atoms with Crippen LogP contribution >= 0.6 is 0 Å². The molecule has 4 heteroatoms. The van der Waals surface area contributed by atoms with Crippen LogP contribution in [0.3, 0.4) is 0 Å². The molecule has 0 aromatic carbocycles. The lowest BCUT2D eigenvalue weighted by molar-refractivity contribution is -0.137. The summed E-state index contributed by atoms with van der Waals surface area (Å²) >= 11 is 0. The first-order valence-electron chi connectivity index (χ1n) is 4.88. The van der Waals surface area contributed by atoms with Gasteiger partial charge in [-0.05, 0) is 13.3 Å². The van der Waals surface area contributed by atoms with Crippen LogP contribution in [0.4, 0.5) is 0 Å². The first-order chi connectivity index (χ1) is 6.65. The lowest BCUT2D eigenvalue weighted by Gasteiger charge is -2.14. The topological polar surface area (TPSA) is 55.1 Å². The van der Waals surface area contributed by atoms with Crippen molar-refractivity contribution in [2.75, 3.05) is 0 Å². The van der Waals surface area contributed by atoms with Gasteiger partial charge in [-0.3, -0.25) is 4.79 Å². The van der Waals surface area contributed by atoms with E-state index in [9.17, 15) is 4.79 Å².